The van der Waals surface area contributed by atoms with Crippen molar-refractivity contribution in [1.82, 2.24) is 19.9 Å². The van der Waals surface area contributed by atoms with Crippen LogP contribution in [0.5, 0.6) is 0 Å². The van der Waals surface area contributed by atoms with Crippen LogP contribution in [0, 0.1) is 0 Å². The molecule has 2 aromatic heterocycles. The number of aromatic nitrogens is 3. The van der Waals surface area contributed by atoms with E-state index < -0.39 is 0 Å². The predicted molar refractivity (Wildman–Crippen MR) is 76.9 cm³/mol. The fourth-order valence-corrected chi connectivity index (χ4v) is 2.18. The third kappa shape index (κ3) is 4.17. The van der Waals surface area contributed by atoms with Crippen LogP contribution in [-0.2, 0) is 19.9 Å². The molecule has 1 atom stereocenters. The van der Waals surface area contributed by atoms with Crippen molar-refractivity contribution in [3.05, 3.63) is 48.3 Å². The summed E-state index contributed by atoms with van der Waals surface area (Å²) in [4.78, 5) is 8.48. The molecule has 2 aromatic rings. The molecule has 0 radical (unpaired) electrons. The smallest absolute Gasteiger partial charge is 0.109 e. The van der Waals surface area contributed by atoms with Gasteiger partial charge in [-0.15, -0.1) is 0 Å². The number of pyridine rings is 1. The van der Waals surface area contributed by atoms with E-state index in [1.165, 1.54) is 5.56 Å². The van der Waals surface area contributed by atoms with Gasteiger partial charge in [-0.3, -0.25) is 4.98 Å². The minimum Gasteiger partial charge on any atom is -0.338 e. The van der Waals surface area contributed by atoms with Gasteiger partial charge in [0.05, 0.1) is 0 Å². The Hall–Kier alpha value is -1.68. The molecule has 0 saturated carbocycles. The summed E-state index contributed by atoms with van der Waals surface area (Å²) < 4.78 is 2.09. The first-order valence-electron chi connectivity index (χ1n) is 6.88. The van der Waals surface area contributed by atoms with Gasteiger partial charge in [0.15, 0.2) is 0 Å². The fourth-order valence-electron chi connectivity index (χ4n) is 2.18. The van der Waals surface area contributed by atoms with E-state index in [9.17, 15) is 0 Å². The lowest BCUT2D eigenvalue weighted by atomic mass is 10.0. The van der Waals surface area contributed by atoms with E-state index in [-0.39, 0.29) is 0 Å². The zero-order valence-corrected chi connectivity index (χ0v) is 11.7. The first-order chi connectivity index (χ1) is 9.29. The summed E-state index contributed by atoms with van der Waals surface area (Å²) in [6, 6.07) is 4.58. The van der Waals surface area contributed by atoms with Gasteiger partial charge in [0.25, 0.3) is 0 Å². The van der Waals surface area contributed by atoms with Crippen LogP contribution in [0.3, 0.4) is 0 Å². The van der Waals surface area contributed by atoms with E-state index in [0.29, 0.717) is 6.04 Å². The van der Waals surface area contributed by atoms with Gasteiger partial charge in [-0.05, 0) is 37.1 Å². The molecule has 0 fully saturated rings. The molecule has 0 saturated heterocycles. The van der Waals surface area contributed by atoms with Gasteiger partial charge in [-0.25, -0.2) is 4.98 Å². The van der Waals surface area contributed by atoms with Crippen LogP contribution in [0.4, 0.5) is 0 Å². The molecule has 0 aromatic carbocycles. The van der Waals surface area contributed by atoms with Crippen LogP contribution >= 0.6 is 0 Å². The predicted octanol–water partition coefficient (Wildman–Crippen LogP) is 1.97. The Kier molecular flexibility index (Phi) is 5.10. The maximum atomic E-state index is 4.42. The normalized spacial score (nSPS) is 12.5. The lowest BCUT2D eigenvalue weighted by Crippen LogP contribution is -2.34. The van der Waals surface area contributed by atoms with Crippen LogP contribution in [0.2, 0.25) is 0 Å². The Morgan fingerprint density at radius 2 is 2.00 bits per heavy atom. The molecule has 0 bridgehead atoms. The quantitative estimate of drug-likeness (QED) is 0.825. The van der Waals surface area contributed by atoms with Gasteiger partial charge in [-0.2, -0.15) is 0 Å². The minimum absolute atomic E-state index is 0.420. The fraction of sp³-hybridized carbons (Fsp3) is 0.467. The molecule has 0 spiro atoms. The van der Waals surface area contributed by atoms with Gasteiger partial charge < -0.3 is 9.88 Å². The maximum absolute atomic E-state index is 4.42. The molecule has 2 heterocycles. The van der Waals surface area contributed by atoms with Crippen LogP contribution in [-0.4, -0.2) is 27.1 Å². The number of hydrogen-bond acceptors (Lipinski definition) is 3. The molecule has 0 amide bonds. The number of nitrogens with one attached hydrogen (secondary N) is 1. The summed E-state index contributed by atoms with van der Waals surface area (Å²) in [5, 5.41) is 3.61. The molecular weight excluding hydrogens is 236 g/mol. The molecule has 102 valence electrons. The van der Waals surface area contributed by atoms with Crippen molar-refractivity contribution in [1.29, 1.82) is 0 Å². The van der Waals surface area contributed by atoms with Crippen molar-refractivity contribution >= 4 is 0 Å². The Morgan fingerprint density at radius 3 is 2.63 bits per heavy atom. The number of hydrogen-bond donors (Lipinski definition) is 1. The van der Waals surface area contributed by atoms with Crippen LogP contribution < -0.4 is 5.32 Å². The first-order valence-corrected chi connectivity index (χ1v) is 6.88. The summed E-state index contributed by atoms with van der Waals surface area (Å²) in [7, 11) is 2.05. The Morgan fingerprint density at radius 1 is 1.21 bits per heavy atom. The lowest BCUT2D eigenvalue weighted by Gasteiger charge is -2.18. The molecular formula is C15H22N4. The summed E-state index contributed by atoms with van der Waals surface area (Å²) in [6.07, 6.45) is 10.7. The van der Waals surface area contributed by atoms with Gasteiger partial charge >= 0.3 is 0 Å². The molecule has 4 nitrogen and oxygen atoms in total. The number of aryl methyl sites for hydroxylation is 1. The first kappa shape index (κ1) is 13.7. The van der Waals surface area contributed by atoms with Crippen molar-refractivity contribution < 1.29 is 0 Å². The van der Waals surface area contributed by atoms with Gasteiger partial charge in [0.2, 0.25) is 0 Å². The van der Waals surface area contributed by atoms with Crippen molar-refractivity contribution in [3.8, 4) is 0 Å². The second-order valence-corrected chi connectivity index (χ2v) is 4.87. The summed E-state index contributed by atoms with van der Waals surface area (Å²) in [5.74, 6) is 1.13. The number of imidazole rings is 1. The molecule has 0 aliphatic rings. The highest BCUT2D eigenvalue weighted by Gasteiger charge is 2.12. The summed E-state index contributed by atoms with van der Waals surface area (Å²) in [5.41, 5.74) is 1.32. The van der Waals surface area contributed by atoms with E-state index in [4.69, 9.17) is 0 Å². The molecule has 4 heteroatoms. The molecule has 0 aliphatic carbocycles. The topological polar surface area (TPSA) is 42.7 Å². The van der Waals surface area contributed by atoms with Gasteiger partial charge in [0, 0.05) is 44.3 Å². The van der Waals surface area contributed by atoms with Gasteiger partial charge in [-0.1, -0.05) is 6.92 Å². The molecule has 1 N–H and O–H groups in total. The number of rotatable bonds is 7. The Balaban J connectivity index is 2.01. The van der Waals surface area contributed by atoms with Crippen molar-refractivity contribution in [2.45, 2.75) is 32.2 Å². The second-order valence-electron chi connectivity index (χ2n) is 4.87. The highest BCUT2D eigenvalue weighted by molar-refractivity contribution is 5.12. The molecule has 0 aliphatic heterocycles. The third-order valence-electron chi connectivity index (χ3n) is 3.26. The van der Waals surface area contributed by atoms with E-state index in [1.807, 2.05) is 31.8 Å². The minimum atomic E-state index is 0.420. The average Bonchev–Trinajstić information content (AvgIpc) is 2.83. The van der Waals surface area contributed by atoms with E-state index >= 15 is 0 Å². The van der Waals surface area contributed by atoms with E-state index in [2.05, 4.69) is 38.9 Å². The third-order valence-corrected chi connectivity index (χ3v) is 3.26. The standard InChI is InChI=1S/C15H22N4/c1-3-6-17-14(11-13-4-7-16-8-5-13)12-15-18-9-10-19(15)2/h4-5,7-10,14,17H,3,6,11-12H2,1-2H3. The molecule has 2 rings (SSSR count). The zero-order chi connectivity index (χ0) is 13.5. The summed E-state index contributed by atoms with van der Waals surface area (Å²) in [6.45, 7) is 3.23. The largest absolute Gasteiger partial charge is 0.338 e. The Labute approximate surface area is 114 Å². The average molecular weight is 258 g/mol. The van der Waals surface area contributed by atoms with Crippen LogP contribution in [0.15, 0.2) is 36.9 Å². The summed E-state index contributed by atoms with van der Waals surface area (Å²) >= 11 is 0. The van der Waals surface area contributed by atoms with E-state index in [1.54, 1.807) is 0 Å². The number of nitrogens with zero attached hydrogens (tertiary/aromatic N) is 3. The Bertz CT molecular complexity index is 478. The SMILES string of the molecule is CCCNC(Cc1ccncc1)Cc1nccn1C. The lowest BCUT2D eigenvalue weighted by molar-refractivity contribution is 0.489. The second kappa shape index (κ2) is 7.04. The van der Waals surface area contributed by atoms with Crippen molar-refractivity contribution in [2.75, 3.05) is 6.54 Å². The van der Waals surface area contributed by atoms with Crippen LogP contribution in [0.1, 0.15) is 24.7 Å². The molecule has 19 heavy (non-hydrogen) atoms. The molecule has 1 unspecified atom stereocenters. The van der Waals surface area contributed by atoms with Crippen molar-refractivity contribution in [2.24, 2.45) is 7.05 Å². The van der Waals surface area contributed by atoms with E-state index in [0.717, 1.165) is 31.6 Å². The monoisotopic (exact) mass is 258 g/mol. The zero-order valence-electron chi connectivity index (χ0n) is 11.7. The highest BCUT2D eigenvalue weighted by Crippen LogP contribution is 2.07. The van der Waals surface area contributed by atoms with Crippen LogP contribution in [0.25, 0.3) is 0 Å². The van der Waals surface area contributed by atoms with Crippen molar-refractivity contribution in [3.63, 3.8) is 0 Å². The highest BCUT2D eigenvalue weighted by atomic mass is 15.0. The van der Waals surface area contributed by atoms with Gasteiger partial charge in [0.1, 0.15) is 5.82 Å². The maximum Gasteiger partial charge on any atom is 0.109 e.